The maximum atomic E-state index is 14.9. The van der Waals surface area contributed by atoms with Crippen LogP contribution >= 0.6 is 0 Å². The van der Waals surface area contributed by atoms with Crippen molar-refractivity contribution in [1.29, 1.82) is 0 Å². The molecular formula is C28H26F3N5O. The number of hydrogen-bond acceptors (Lipinski definition) is 5. The van der Waals surface area contributed by atoms with E-state index in [4.69, 9.17) is 5.73 Å². The van der Waals surface area contributed by atoms with E-state index < -0.39 is 23.1 Å². The average molecular weight is 506 g/mol. The van der Waals surface area contributed by atoms with Gasteiger partial charge in [-0.1, -0.05) is 12.1 Å². The molecule has 1 aliphatic heterocycles. The van der Waals surface area contributed by atoms with Crippen molar-refractivity contribution in [2.75, 3.05) is 43.4 Å². The number of nitrogens with one attached hydrogen (secondary N) is 1. The lowest BCUT2D eigenvalue weighted by molar-refractivity contribution is 0.248. The van der Waals surface area contributed by atoms with Gasteiger partial charge >= 0.3 is 0 Å². The summed E-state index contributed by atoms with van der Waals surface area (Å²) in [5.41, 5.74) is 7.53. The third-order valence-corrected chi connectivity index (χ3v) is 7.35. The standard InChI is InChI=1S/C28H26F3N5O/c29-23-12-18(11-22-24(30)14-33-28(37)25(22)23)21-13-20(26(31)34-27(21)32)17-3-5-19(6-4-17)36-9-7-35(8-10-36)15-16-1-2-16/h3-6,11-14,16H,1-2,7-10,15H2,(H2,32,34)(H,33,37). The number of H-pyrrole nitrogens is 1. The smallest absolute Gasteiger partial charge is 0.258 e. The van der Waals surface area contributed by atoms with Gasteiger partial charge in [0.2, 0.25) is 5.95 Å². The van der Waals surface area contributed by atoms with Crippen molar-refractivity contribution < 1.29 is 13.2 Å². The molecule has 0 spiro atoms. The quantitative estimate of drug-likeness (QED) is 0.382. The number of piperazine rings is 1. The van der Waals surface area contributed by atoms with Gasteiger partial charge in [0.1, 0.15) is 17.5 Å². The molecule has 9 heteroatoms. The van der Waals surface area contributed by atoms with Gasteiger partial charge in [0.25, 0.3) is 5.56 Å². The SMILES string of the molecule is Nc1nc(F)c(-c2ccc(N3CCN(CC4CC4)CC3)cc2)cc1-c1cc(F)c2c(=O)[nH]cc(F)c2c1. The van der Waals surface area contributed by atoms with Gasteiger partial charge in [0.15, 0.2) is 0 Å². The van der Waals surface area contributed by atoms with Crippen LogP contribution < -0.4 is 16.2 Å². The fourth-order valence-corrected chi connectivity index (χ4v) is 5.10. The zero-order valence-electron chi connectivity index (χ0n) is 20.1. The molecule has 0 bridgehead atoms. The Morgan fingerprint density at radius 2 is 1.65 bits per heavy atom. The lowest BCUT2D eigenvalue weighted by Gasteiger charge is -2.36. The van der Waals surface area contributed by atoms with Crippen molar-refractivity contribution in [3.8, 4) is 22.3 Å². The molecule has 2 aliphatic rings. The summed E-state index contributed by atoms with van der Waals surface area (Å²) in [6, 6.07) is 11.5. The molecule has 190 valence electrons. The maximum absolute atomic E-state index is 14.9. The summed E-state index contributed by atoms with van der Waals surface area (Å²) in [4.78, 5) is 22.9. The Morgan fingerprint density at radius 1 is 0.919 bits per heavy atom. The van der Waals surface area contributed by atoms with Crippen LogP contribution in [0, 0.1) is 23.5 Å². The maximum Gasteiger partial charge on any atom is 0.258 e. The molecule has 4 aromatic rings. The first-order chi connectivity index (χ1) is 17.9. The largest absolute Gasteiger partial charge is 0.383 e. The molecule has 2 aromatic carbocycles. The Bertz CT molecular complexity index is 1540. The molecule has 6 nitrogen and oxygen atoms in total. The van der Waals surface area contributed by atoms with E-state index >= 15 is 0 Å². The summed E-state index contributed by atoms with van der Waals surface area (Å²) < 4.78 is 44.1. The Hall–Kier alpha value is -3.85. The summed E-state index contributed by atoms with van der Waals surface area (Å²) in [6.07, 6.45) is 3.58. The van der Waals surface area contributed by atoms with Crippen molar-refractivity contribution in [2.45, 2.75) is 12.8 Å². The van der Waals surface area contributed by atoms with Crippen molar-refractivity contribution in [3.05, 3.63) is 76.6 Å². The Kier molecular flexibility index (Phi) is 5.87. The van der Waals surface area contributed by atoms with E-state index in [9.17, 15) is 18.0 Å². The van der Waals surface area contributed by atoms with Crippen LogP contribution in [0.2, 0.25) is 0 Å². The van der Waals surface area contributed by atoms with Crippen molar-refractivity contribution in [2.24, 2.45) is 5.92 Å². The molecule has 37 heavy (non-hydrogen) atoms. The molecule has 1 saturated carbocycles. The number of aromatic amines is 1. The molecular weight excluding hydrogens is 479 g/mol. The first-order valence-electron chi connectivity index (χ1n) is 12.4. The van der Waals surface area contributed by atoms with Gasteiger partial charge in [-0.2, -0.15) is 4.39 Å². The predicted molar refractivity (Wildman–Crippen MR) is 139 cm³/mol. The number of fused-ring (bicyclic) bond motifs is 1. The molecule has 3 N–H and O–H groups in total. The van der Waals surface area contributed by atoms with E-state index in [0.29, 0.717) is 5.56 Å². The molecule has 0 amide bonds. The molecule has 1 aliphatic carbocycles. The fraction of sp³-hybridized carbons (Fsp3) is 0.286. The van der Waals surface area contributed by atoms with Crippen molar-refractivity contribution in [3.63, 3.8) is 0 Å². The van der Waals surface area contributed by atoms with E-state index in [-0.39, 0.29) is 33.3 Å². The van der Waals surface area contributed by atoms with Crippen molar-refractivity contribution in [1.82, 2.24) is 14.9 Å². The summed E-state index contributed by atoms with van der Waals surface area (Å²) in [5, 5.41) is -0.577. The lowest BCUT2D eigenvalue weighted by Crippen LogP contribution is -2.47. The van der Waals surface area contributed by atoms with Crippen LogP contribution in [0.5, 0.6) is 0 Å². The molecule has 6 rings (SSSR count). The average Bonchev–Trinajstić information content (AvgIpc) is 3.71. The normalized spacial score (nSPS) is 16.5. The highest BCUT2D eigenvalue weighted by Crippen LogP contribution is 2.35. The molecule has 1 saturated heterocycles. The number of aromatic nitrogens is 2. The zero-order chi connectivity index (χ0) is 25.7. The van der Waals surface area contributed by atoms with E-state index in [1.165, 1.54) is 31.5 Å². The third-order valence-electron chi connectivity index (χ3n) is 7.35. The minimum absolute atomic E-state index is 0.161. The zero-order valence-corrected chi connectivity index (χ0v) is 20.1. The number of halogens is 3. The van der Waals surface area contributed by atoms with E-state index in [2.05, 4.69) is 19.8 Å². The number of nitrogens with zero attached hydrogens (tertiary/aromatic N) is 3. The van der Waals surface area contributed by atoms with Gasteiger partial charge in [-0.25, -0.2) is 13.8 Å². The lowest BCUT2D eigenvalue weighted by atomic mass is 9.98. The molecule has 2 fully saturated rings. The number of benzene rings is 2. The third kappa shape index (κ3) is 4.55. The Morgan fingerprint density at radius 3 is 2.35 bits per heavy atom. The van der Waals surface area contributed by atoms with Crippen LogP contribution in [0.1, 0.15) is 12.8 Å². The Balaban J connectivity index is 1.29. The topological polar surface area (TPSA) is 78.2 Å². The first kappa shape index (κ1) is 23.5. The van der Waals surface area contributed by atoms with Crippen LogP contribution in [0.25, 0.3) is 33.0 Å². The summed E-state index contributed by atoms with van der Waals surface area (Å²) in [6.45, 7) is 5.16. The summed E-state index contributed by atoms with van der Waals surface area (Å²) in [5.74, 6) is -1.72. The van der Waals surface area contributed by atoms with Gasteiger partial charge in [-0.15, -0.1) is 0 Å². The van der Waals surface area contributed by atoms with Gasteiger partial charge in [-0.3, -0.25) is 9.69 Å². The van der Waals surface area contributed by atoms with Gasteiger partial charge in [-0.05, 0) is 60.2 Å². The molecule has 2 aromatic heterocycles. The molecule has 0 atom stereocenters. The van der Waals surface area contributed by atoms with Crippen LogP contribution in [-0.2, 0) is 0 Å². The molecule has 0 radical (unpaired) electrons. The number of rotatable bonds is 5. The Labute approximate surface area is 211 Å². The number of nitrogen functional groups attached to an aromatic ring is 1. The molecule has 3 heterocycles. The highest BCUT2D eigenvalue weighted by molar-refractivity contribution is 5.90. The van der Waals surface area contributed by atoms with Crippen LogP contribution in [0.4, 0.5) is 24.7 Å². The second-order valence-electron chi connectivity index (χ2n) is 9.88. The minimum atomic E-state index is -0.903. The number of anilines is 2. The van der Waals surface area contributed by atoms with E-state index in [1.807, 2.05) is 24.3 Å². The number of hydrogen-bond donors (Lipinski definition) is 2. The first-order valence-corrected chi connectivity index (χ1v) is 12.4. The fourth-order valence-electron chi connectivity index (χ4n) is 5.10. The van der Waals surface area contributed by atoms with Gasteiger partial charge in [0.05, 0.1) is 5.39 Å². The minimum Gasteiger partial charge on any atom is -0.383 e. The number of nitrogens with two attached hydrogens (primary N) is 1. The van der Waals surface area contributed by atoms with Crippen LogP contribution in [0.15, 0.2) is 53.5 Å². The van der Waals surface area contributed by atoms with Crippen LogP contribution in [-0.4, -0.2) is 47.6 Å². The second-order valence-corrected chi connectivity index (χ2v) is 9.88. The van der Waals surface area contributed by atoms with Gasteiger partial charge in [0, 0.05) is 61.1 Å². The predicted octanol–water partition coefficient (Wildman–Crippen LogP) is 4.79. The summed E-state index contributed by atoms with van der Waals surface area (Å²) >= 11 is 0. The highest BCUT2D eigenvalue weighted by Gasteiger charge is 2.26. The highest BCUT2D eigenvalue weighted by atomic mass is 19.1. The number of pyridine rings is 2. The summed E-state index contributed by atoms with van der Waals surface area (Å²) in [7, 11) is 0. The van der Waals surface area contributed by atoms with Gasteiger partial charge < -0.3 is 15.6 Å². The molecule has 0 unspecified atom stereocenters. The monoisotopic (exact) mass is 505 g/mol. The van der Waals surface area contributed by atoms with Crippen LogP contribution in [0.3, 0.4) is 0 Å². The second kappa shape index (κ2) is 9.23. The van der Waals surface area contributed by atoms with E-state index in [1.54, 1.807) is 0 Å². The van der Waals surface area contributed by atoms with E-state index in [0.717, 1.165) is 50.0 Å². The van der Waals surface area contributed by atoms with Crippen molar-refractivity contribution >= 4 is 22.3 Å².